The highest BCUT2D eigenvalue weighted by Gasteiger charge is 2.37. The number of unbranched alkanes of at least 4 members (excludes halogenated alkanes) is 5. The second kappa shape index (κ2) is 11.0. The Morgan fingerprint density at radius 3 is 2.54 bits per heavy atom. The van der Waals surface area contributed by atoms with Crippen molar-refractivity contribution in [3.8, 4) is 0 Å². The molecule has 3 atom stereocenters. The van der Waals surface area contributed by atoms with Gasteiger partial charge in [-0.3, -0.25) is 19.2 Å². The Morgan fingerprint density at radius 2 is 1.89 bits per heavy atom. The molecule has 0 bridgehead atoms. The lowest BCUT2D eigenvalue weighted by atomic mass is 10.0. The van der Waals surface area contributed by atoms with E-state index in [9.17, 15) is 19.2 Å². The quantitative estimate of drug-likeness (QED) is 0.452. The van der Waals surface area contributed by atoms with E-state index in [2.05, 4.69) is 17.6 Å². The Hall–Kier alpha value is -2.12. The fraction of sp³-hybridized carbons (Fsp3) is 0.800. The van der Waals surface area contributed by atoms with Crippen LogP contribution in [0.4, 0.5) is 0 Å². The molecule has 8 heteroatoms. The third kappa shape index (κ3) is 6.21. The van der Waals surface area contributed by atoms with Gasteiger partial charge in [0.1, 0.15) is 18.1 Å². The highest BCUT2D eigenvalue weighted by molar-refractivity contribution is 5.95. The third-order valence-corrected chi connectivity index (χ3v) is 5.64. The highest BCUT2D eigenvalue weighted by Crippen LogP contribution is 2.20. The smallest absolute Gasteiger partial charge is 0.245 e. The van der Waals surface area contributed by atoms with Gasteiger partial charge in [0.15, 0.2) is 0 Å². The number of carbonyl (C=O) groups is 4. The van der Waals surface area contributed by atoms with Crippen molar-refractivity contribution in [2.24, 2.45) is 5.73 Å². The molecular formula is C20H34N4O4. The number of rotatable bonds is 11. The van der Waals surface area contributed by atoms with Crippen LogP contribution < -0.4 is 16.4 Å². The summed E-state index contributed by atoms with van der Waals surface area (Å²) < 4.78 is 0. The molecule has 0 saturated carbocycles. The summed E-state index contributed by atoms with van der Waals surface area (Å²) in [5.41, 5.74) is 5.44. The molecule has 0 radical (unpaired) electrons. The lowest BCUT2D eigenvalue weighted by Crippen LogP contribution is -2.55. The topological polar surface area (TPSA) is 122 Å². The first-order valence-corrected chi connectivity index (χ1v) is 10.6. The molecule has 0 aromatic rings. The number of hydrogen-bond donors (Lipinski definition) is 3. The van der Waals surface area contributed by atoms with Crippen LogP contribution in [0.3, 0.4) is 0 Å². The van der Waals surface area contributed by atoms with Crippen molar-refractivity contribution in [3.63, 3.8) is 0 Å². The van der Waals surface area contributed by atoms with E-state index in [4.69, 9.17) is 5.73 Å². The molecule has 158 valence electrons. The van der Waals surface area contributed by atoms with Crippen molar-refractivity contribution in [2.45, 2.75) is 95.7 Å². The van der Waals surface area contributed by atoms with Crippen LogP contribution in [0.25, 0.3) is 0 Å². The lowest BCUT2D eigenvalue weighted by molar-refractivity contribution is -0.141. The molecule has 2 aliphatic rings. The van der Waals surface area contributed by atoms with E-state index in [1.54, 1.807) is 0 Å². The molecule has 0 aromatic heterocycles. The van der Waals surface area contributed by atoms with Crippen molar-refractivity contribution in [2.75, 3.05) is 6.54 Å². The maximum absolute atomic E-state index is 13.1. The largest absolute Gasteiger partial charge is 0.368 e. The number of nitrogens with one attached hydrogen (secondary N) is 2. The first kappa shape index (κ1) is 22.2. The predicted molar refractivity (Wildman–Crippen MR) is 105 cm³/mol. The molecular weight excluding hydrogens is 360 g/mol. The van der Waals surface area contributed by atoms with Gasteiger partial charge < -0.3 is 21.3 Å². The van der Waals surface area contributed by atoms with Crippen LogP contribution >= 0.6 is 0 Å². The molecule has 2 heterocycles. The number of hydrogen-bond acceptors (Lipinski definition) is 4. The van der Waals surface area contributed by atoms with Gasteiger partial charge in [0.2, 0.25) is 23.6 Å². The third-order valence-electron chi connectivity index (χ3n) is 5.64. The summed E-state index contributed by atoms with van der Waals surface area (Å²) in [6.07, 6.45) is 9.07. The minimum atomic E-state index is -0.684. The summed E-state index contributed by atoms with van der Waals surface area (Å²) in [6.45, 7) is 2.65. The minimum Gasteiger partial charge on any atom is -0.368 e. The van der Waals surface area contributed by atoms with Crippen molar-refractivity contribution in [3.05, 3.63) is 0 Å². The van der Waals surface area contributed by atoms with Crippen LogP contribution in [0.2, 0.25) is 0 Å². The monoisotopic (exact) mass is 394 g/mol. The van der Waals surface area contributed by atoms with Crippen molar-refractivity contribution in [1.29, 1.82) is 0 Å². The molecule has 0 unspecified atom stereocenters. The summed E-state index contributed by atoms with van der Waals surface area (Å²) in [5, 5.41) is 5.46. The Bertz CT molecular complexity index is 581. The van der Waals surface area contributed by atoms with Crippen LogP contribution in [-0.4, -0.2) is 53.2 Å². The molecule has 2 fully saturated rings. The summed E-state index contributed by atoms with van der Waals surface area (Å²) in [5.74, 6) is -1.22. The van der Waals surface area contributed by atoms with E-state index in [1.807, 2.05) is 0 Å². The van der Waals surface area contributed by atoms with E-state index in [0.29, 0.717) is 32.2 Å². The molecule has 2 rings (SSSR count). The van der Waals surface area contributed by atoms with Crippen molar-refractivity contribution >= 4 is 23.6 Å². The van der Waals surface area contributed by atoms with Gasteiger partial charge in [0.25, 0.3) is 0 Å². The SMILES string of the molecule is CCCCCCCC[C@H](NC(=O)[C@@H]1CCC(=O)N1)C(=O)N1CCC[C@H]1C(N)=O. The van der Waals surface area contributed by atoms with E-state index in [1.165, 1.54) is 24.2 Å². The first-order chi connectivity index (χ1) is 13.4. The lowest BCUT2D eigenvalue weighted by Gasteiger charge is -2.28. The fourth-order valence-corrected chi connectivity index (χ4v) is 4.00. The molecule has 0 aromatic carbocycles. The van der Waals surface area contributed by atoms with E-state index in [0.717, 1.165) is 25.7 Å². The van der Waals surface area contributed by atoms with Gasteiger partial charge in [-0.25, -0.2) is 0 Å². The molecule has 28 heavy (non-hydrogen) atoms. The average molecular weight is 395 g/mol. The van der Waals surface area contributed by atoms with Gasteiger partial charge in [-0.1, -0.05) is 45.4 Å². The van der Waals surface area contributed by atoms with E-state index < -0.39 is 24.0 Å². The number of nitrogens with two attached hydrogens (primary N) is 1. The summed E-state index contributed by atoms with van der Waals surface area (Å²) in [7, 11) is 0. The van der Waals surface area contributed by atoms with Crippen molar-refractivity contribution in [1.82, 2.24) is 15.5 Å². The number of nitrogens with zero attached hydrogens (tertiary/aromatic N) is 1. The van der Waals surface area contributed by atoms with Gasteiger partial charge in [-0.05, 0) is 25.7 Å². The number of carbonyl (C=O) groups excluding carboxylic acids is 4. The zero-order valence-electron chi connectivity index (χ0n) is 16.9. The second-order valence-corrected chi connectivity index (χ2v) is 7.87. The van der Waals surface area contributed by atoms with Crippen LogP contribution in [0, 0.1) is 0 Å². The summed E-state index contributed by atoms with van der Waals surface area (Å²) in [4.78, 5) is 50.1. The Morgan fingerprint density at radius 1 is 1.18 bits per heavy atom. The van der Waals surface area contributed by atoms with Gasteiger partial charge in [0, 0.05) is 13.0 Å². The van der Waals surface area contributed by atoms with Crippen molar-refractivity contribution < 1.29 is 19.2 Å². The van der Waals surface area contributed by atoms with Gasteiger partial charge >= 0.3 is 0 Å². The molecule has 8 nitrogen and oxygen atoms in total. The van der Waals surface area contributed by atoms with Gasteiger partial charge in [-0.15, -0.1) is 0 Å². The molecule has 4 amide bonds. The zero-order chi connectivity index (χ0) is 20.5. The Labute approximate surface area is 167 Å². The number of likely N-dealkylation sites (tertiary alicyclic amines) is 1. The Balaban J connectivity index is 1.96. The van der Waals surface area contributed by atoms with E-state index >= 15 is 0 Å². The highest BCUT2D eigenvalue weighted by atomic mass is 16.2. The molecule has 0 aliphatic carbocycles. The van der Waals surface area contributed by atoms with Crippen LogP contribution in [-0.2, 0) is 19.2 Å². The zero-order valence-corrected chi connectivity index (χ0v) is 16.9. The standard InChI is InChI=1S/C20H34N4O4/c1-2-3-4-5-6-7-9-15(23-19(27)14-11-12-17(25)22-14)20(28)24-13-8-10-16(24)18(21)26/h14-16H,2-13H2,1H3,(H2,21,26)(H,22,25)(H,23,27)/t14-,15-,16-/m0/s1. The molecule has 4 N–H and O–H groups in total. The molecule has 2 saturated heterocycles. The molecule has 0 spiro atoms. The first-order valence-electron chi connectivity index (χ1n) is 10.6. The van der Waals surface area contributed by atoms with Crippen LogP contribution in [0.5, 0.6) is 0 Å². The fourth-order valence-electron chi connectivity index (χ4n) is 4.00. The van der Waals surface area contributed by atoms with Gasteiger partial charge in [0.05, 0.1) is 0 Å². The predicted octanol–water partition coefficient (Wildman–Crippen LogP) is 0.977. The summed E-state index contributed by atoms with van der Waals surface area (Å²) in [6, 6.07) is -1.86. The average Bonchev–Trinajstić information content (AvgIpc) is 3.32. The van der Waals surface area contributed by atoms with Crippen LogP contribution in [0.15, 0.2) is 0 Å². The van der Waals surface area contributed by atoms with E-state index in [-0.39, 0.29) is 17.7 Å². The second-order valence-electron chi connectivity index (χ2n) is 7.87. The van der Waals surface area contributed by atoms with Crippen LogP contribution in [0.1, 0.15) is 77.6 Å². The number of primary amides is 1. The number of amides is 4. The summed E-state index contributed by atoms with van der Waals surface area (Å²) >= 11 is 0. The molecule has 2 aliphatic heterocycles. The maximum Gasteiger partial charge on any atom is 0.245 e. The minimum absolute atomic E-state index is 0.146. The maximum atomic E-state index is 13.1. The van der Waals surface area contributed by atoms with Gasteiger partial charge in [-0.2, -0.15) is 0 Å². The normalized spacial score (nSPS) is 22.8. The Kier molecular flexibility index (Phi) is 8.73.